The molecule has 80 valence electrons. The monoisotopic (exact) mass is 218 g/mol. The van der Waals surface area contributed by atoms with E-state index in [4.69, 9.17) is 11.0 Å². The third kappa shape index (κ3) is 2.44. The zero-order chi connectivity index (χ0) is 11.6. The number of hydrogen-bond donors (Lipinski definition) is 1. The Morgan fingerprint density at radius 3 is 2.40 bits per heavy atom. The summed E-state index contributed by atoms with van der Waals surface area (Å²) < 4.78 is 49.3. The van der Waals surface area contributed by atoms with Crippen LogP contribution in [0.15, 0.2) is 18.2 Å². The molecule has 0 amide bonds. The summed E-state index contributed by atoms with van der Waals surface area (Å²) in [5, 5.41) is 8.42. The molecular formula is C9H6F4N2. The number of nitriles is 1. The summed E-state index contributed by atoms with van der Waals surface area (Å²) in [6, 6.07) is 1.74. The van der Waals surface area contributed by atoms with Crippen LogP contribution in [0.2, 0.25) is 0 Å². The summed E-state index contributed by atoms with van der Waals surface area (Å²) in [5.41, 5.74) is 4.10. The van der Waals surface area contributed by atoms with Crippen LogP contribution >= 0.6 is 0 Å². The van der Waals surface area contributed by atoms with Gasteiger partial charge in [0.2, 0.25) is 0 Å². The first-order valence-corrected chi connectivity index (χ1v) is 3.88. The lowest BCUT2D eigenvalue weighted by atomic mass is 10.0. The van der Waals surface area contributed by atoms with Gasteiger partial charge in [0.1, 0.15) is 17.9 Å². The van der Waals surface area contributed by atoms with Gasteiger partial charge in [-0.05, 0) is 17.7 Å². The number of halogens is 4. The van der Waals surface area contributed by atoms with Gasteiger partial charge in [-0.2, -0.15) is 18.4 Å². The highest BCUT2D eigenvalue weighted by molar-refractivity contribution is 5.36. The molecule has 1 aromatic rings. The molecule has 1 atom stereocenters. The third-order valence-corrected chi connectivity index (χ3v) is 1.82. The lowest BCUT2D eigenvalue weighted by Gasteiger charge is -2.15. The van der Waals surface area contributed by atoms with Gasteiger partial charge in [0.15, 0.2) is 0 Å². The number of hydrogen-bond acceptors (Lipinski definition) is 2. The number of benzene rings is 1. The largest absolute Gasteiger partial charge is 0.407 e. The lowest BCUT2D eigenvalue weighted by molar-refractivity contribution is -0.149. The van der Waals surface area contributed by atoms with Crippen molar-refractivity contribution in [3.05, 3.63) is 35.1 Å². The third-order valence-electron chi connectivity index (χ3n) is 1.82. The van der Waals surface area contributed by atoms with E-state index in [1.165, 1.54) is 6.07 Å². The van der Waals surface area contributed by atoms with Crippen LogP contribution in [0.4, 0.5) is 17.6 Å². The van der Waals surface area contributed by atoms with Crippen LogP contribution in [0.25, 0.3) is 0 Å². The molecule has 1 rings (SSSR count). The van der Waals surface area contributed by atoms with Gasteiger partial charge in [-0.3, -0.25) is 0 Å². The van der Waals surface area contributed by atoms with Crippen molar-refractivity contribution in [2.24, 2.45) is 5.73 Å². The fraction of sp³-hybridized carbons (Fsp3) is 0.222. The Morgan fingerprint density at radius 2 is 1.93 bits per heavy atom. The highest BCUT2D eigenvalue weighted by Crippen LogP contribution is 2.30. The van der Waals surface area contributed by atoms with Crippen molar-refractivity contribution in [3.63, 3.8) is 0 Å². The molecule has 1 aromatic carbocycles. The predicted molar refractivity (Wildman–Crippen MR) is 44.1 cm³/mol. The minimum atomic E-state index is -4.61. The average molecular weight is 218 g/mol. The summed E-state index contributed by atoms with van der Waals surface area (Å²) in [4.78, 5) is 0. The number of rotatable bonds is 1. The van der Waals surface area contributed by atoms with E-state index >= 15 is 0 Å². The Balaban J connectivity index is 3.13. The van der Waals surface area contributed by atoms with Crippen molar-refractivity contribution < 1.29 is 17.6 Å². The minimum Gasteiger partial charge on any atom is -0.316 e. The van der Waals surface area contributed by atoms with E-state index in [-0.39, 0.29) is 5.56 Å². The smallest absolute Gasteiger partial charge is 0.316 e. The topological polar surface area (TPSA) is 49.8 Å². The number of alkyl halides is 3. The summed E-state index contributed by atoms with van der Waals surface area (Å²) >= 11 is 0. The van der Waals surface area contributed by atoms with E-state index in [0.717, 1.165) is 18.2 Å². The standard InChI is InChI=1S/C9H6F4N2/c10-7-2-1-5(3-6(7)4-14)8(15)9(11,12)13/h1-3,8H,15H2/t8-/m1/s1. The van der Waals surface area contributed by atoms with E-state index in [0.29, 0.717) is 0 Å². The summed E-state index contributed by atoms with van der Waals surface area (Å²) in [7, 11) is 0. The second kappa shape index (κ2) is 3.87. The molecule has 15 heavy (non-hydrogen) atoms. The highest BCUT2D eigenvalue weighted by Gasteiger charge is 2.38. The molecule has 0 aliphatic carbocycles. The van der Waals surface area contributed by atoms with Crippen molar-refractivity contribution in [1.82, 2.24) is 0 Å². The Morgan fingerprint density at radius 1 is 1.33 bits per heavy atom. The van der Waals surface area contributed by atoms with Crippen LogP contribution in [0.5, 0.6) is 0 Å². The van der Waals surface area contributed by atoms with Gasteiger partial charge in [-0.25, -0.2) is 4.39 Å². The maximum Gasteiger partial charge on any atom is 0.407 e. The van der Waals surface area contributed by atoms with Crippen molar-refractivity contribution in [2.75, 3.05) is 0 Å². The van der Waals surface area contributed by atoms with Crippen LogP contribution in [-0.2, 0) is 0 Å². The van der Waals surface area contributed by atoms with E-state index in [1.807, 2.05) is 0 Å². The van der Waals surface area contributed by atoms with Crippen molar-refractivity contribution >= 4 is 0 Å². The molecule has 2 N–H and O–H groups in total. The number of nitrogens with zero attached hydrogens (tertiary/aromatic N) is 1. The fourth-order valence-corrected chi connectivity index (χ4v) is 1.01. The SMILES string of the molecule is N#Cc1cc([C@@H](N)C(F)(F)F)ccc1F. The molecule has 0 saturated carbocycles. The molecule has 0 bridgehead atoms. The van der Waals surface area contributed by atoms with Crippen LogP contribution in [0, 0.1) is 17.1 Å². The maximum atomic E-state index is 12.8. The van der Waals surface area contributed by atoms with E-state index < -0.39 is 23.6 Å². The lowest BCUT2D eigenvalue weighted by Crippen LogP contribution is -2.28. The van der Waals surface area contributed by atoms with Gasteiger partial charge >= 0.3 is 6.18 Å². The van der Waals surface area contributed by atoms with Crippen molar-refractivity contribution in [1.29, 1.82) is 5.26 Å². The average Bonchev–Trinajstić information content (AvgIpc) is 2.16. The molecule has 0 aliphatic rings. The quantitative estimate of drug-likeness (QED) is 0.735. The highest BCUT2D eigenvalue weighted by atomic mass is 19.4. The molecule has 2 nitrogen and oxygen atoms in total. The summed E-state index contributed by atoms with van der Waals surface area (Å²) in [6.45, 7) is 0. The molecule has 0 unspecified atom stereocenters. The van der Waals surface area contributed by atoms with Crippen molar-refractivity contribution in [2.45, 2.75) is 12.2 Å². The zero-order valence-corrected chi connectivity index (χ0v) is 7.35. The maximum absolute atomic E-state index is 12.8. The van der Waals surface area contributed by atoms with Crippen molar-refractivity contribution in [3.8, 4) is 6.07 Å². The predicted octanol–water partition coefficient (Wildman–Crippen LogP) is 2.26. The van der Waals surface area contributed by atoms with Gasteiger partial charge < -0.3 is 5.73 Å². The number of nitrogens with two attached hydrogens (primary N) is 1. The van der Waals surface area contributed by atoms with Gasteiger partial charge in [0, 0.05) is 0 Å². The molecule has 0 fully saturated rings. The van der Waals surface area contributed by atoms with Crippen LogP contribution in [-0.4, -0.2) is 6.18 Å². The summed E-state index contributed by atoms with van der Waals surface area (Å²) in [5.74, 6) is -0.865. The second-order valence-corrected chi connectivity index (χ2v) is 2.87. The van der Waals surface area contributed by atoms with Crippen LogP contribution in [0.3, 0.4) is 0 Å². The first-order valence-electron chi connectivity index (χ1n) is 3.88. The molecule has 0 heterocycles. The summed E-state index contributed by atoms with van der Waals surface area (Å²) in [6.07, 6.45) is -4.61. The molecule has 0 spiro atoms. The van der Waals surface area contributed by atoms with Gasteiger partial charge in [0.05, 0.1) is 5.56 Å². The van der Waals surface area contributed by atoms with Gasteiger partial charge in [-0.15, -0.1) is 0 Å². The molecule has 0 saturated heterocycles. The molecular weight excluding hydrogens is 212 g/mol. The fourth-order valence-electron chi connectivity index (χ4n) is 1.01. The molecule has 0 radical (unpaired) electrons. The second-order valence-electron chi connectivity index (χ2n) is 2.87. The van der Waals surface area contributed by atoms with Crippen LogP contribution in [0.1, 0.15) is 17.2 Å². The minimum absolute atomic E-state index is 0.333. The zero-order valence-electron chi connectivity index (χ0n) is 7.35. The Kier molecular flexibility index (Phi) is 2.95. The van der Waals surface area contributed by atoms with Gasteiger partial charge in [0.25, 0.3) is 0 Å². The Hall–Kier alpha value is -1.61. The van der Waals surface area contributed by atoms with E-state index in [9.17, 15) is 17.6 Å². The van der Waals surface area contributed by atoms with E-state index in [1.54, 1.807) is 0 Å². The molecule has 0 aliphatic heterocycles. The Labute approximate surface area is 82.9 Å². The first kappa shape index (κ1) is 11.5. The van der Waals surface area contributed by atoms with Crippen LogP contribution < -0.4 is 5.73 Å². The normalized spacial score (nSPS) is 13.3. The Bertz CT molecular complexity index is 406. The van der Waals surface area contributed by atoms with Gasteiger partial charge in [-0.1, -0.05) is 6.07 Å². The first-order chi connectivity index (χ1) is 6.86. The molecule has 6 heteroatoms. The van der Waals surface area contributed by atoms with E-state index in [2.05, 4.69) is 0 Å². The molecule has 0 aromatic heterocycles.